The Hall–Kier alpha value is -0.840. The van der Waals surface area contributed by atoms with Crippen molar-refractivity contribution in [3.63, 3.8) is 0 Å². The van der Waals surface area contributed by atoms with Crippen molar-refractivity contribution in [3.8, 4) is 0 Å². The van der Waals surface area contributed by atoms with Crippen LogP contribution in [0.5, 0.6) is 0 Å². The number of ketones is 1. The molecule has 0 aliphatic carbocycles. The lowest BCUT2D eigenvalue weighted by Crippen LogP contribution is -2.22. The van der Waals surface area contributed by atoms with Gasteiger partial charge in [-0.25, -0.2) is 0 Å². The Bertz CT molecular complexity index is 266. The highest BCUT2D eigenvalue weighted by molar-refractivity contribution is 8.13. The predicted octanol–water partition coefficient (Wildman–Crippen LogP) is 1.92. The Balaban J connectivity index is 3.50. The number of nitrogens with one attached hydrogen (secondary N) is 1. The molecule has 0 saturated carbocycles. The van der Waals surface area contributed by atoms with Gasteiger partial charge in [-0.15, -0.1) is 0 Å². The van der Waals surface area contributed by atoms with E-state index < -0.39 is 0 Å². The molecule has 0 saturated heterocycles. The molecule has 98 valence electrons. The maximum atomic E-state index is 11.4. The first kappa shape index (κ1) is 16.2. The second kappa shape index (κ2) is 10.3. The summed E-state index contributed by atoms with van der Waals surface area (Å²) in [6.45, 7) is 3.98. The summed E-state index contributed by atoms with van der Waals surface area (Å²) < 4.78 is 0. The number of unbranched alkanes of at least 4 members (excludes halogenated alkanes) is 2. The van der Waals surface area contributed by atoms with E-state index in [1.165, 1.54) is 6.92 Å². The molecule has 0 radical (unpaired) electrons. The molecular weight excluding hydrogens is 238 g/mol. The van der Waals surface area contributed by atoms with Crippen LogP contribution >= 0.6 is 11.8 Å². The molecule has 4 nitrogen and oxygen atoms in total. The minimum absolute atomic E-state index is 0.0223. The molecule has 0 aromatic rings. The van der Waals surface area contributed by atoms with Crippen LogP contribution in [-0.4, -0.2) is 29.1 Å². The number of hydrogen-bond donors (Lipinski definition) is 1. The van der Waals surface area contributed by atoms with Crippen LogP contribution < -0.4 is 5.32 Å². The highest BCUT2D eigenvalue weighted by Crippen LogP contribution is 2.08. The fraction of sp³-hybridized carbons (Fsp3) is 0.750. The number of carbonyl (C=O) groups is 3. The van der Waals surface area contributed by atoms with Crippen molar-refractivity contribution in [2.45, 2.75) is 46.0 Å². The summed E-state index contributed by atoms with van der Waals surface area (Å²) in [6, 6.07) is 0. The van der Waals surface area contributed by atoms with Crippen molar-refractivity contribution < 1.29 is 14.4 Å². The Morgan fingerprint density at radius 2 is 1.88 bits per heavy atom. The van der Waals surface area contributed by atoms with E-state index in [0.717, 1.165) is 31.0 Å². The van der Waals surface area contributed by atoms with Crippen molar-refractivity contribution in [1.82, 2.24) is 5.32 Å². The van der Waals surface area contributed by atoms with E-state index in [9.17, 15) is 14.4 Å². The van der Waals surface area contributed by atoms with E-state index in [4.69, 9.17) is 0 Å². The Labute approximate surface area is 107 Å². The quantitative estimate of drug-likeness (QED) is 0.507. The maximum Gasteiger partial charge on any atom is 0.216 e. The third-order valence-corrected chi connectivity index (χ3v) is 3.01. The molecule has 0 bridgehead atoms. The zero-order chi connectivity index (χ0) is 13.1. The first-order valence-corrected chi connectivity index (χ1v) is 6.96. The van der Waals surface area contributed by atoms with Gasteiger partial charge in [-0.1, -0.05) is 31.5 Å². The van der Waals surface area contributed by atoms with Gasteiger partial charge in [0.2, 0.25) is 5.91 Å². The van der Waals surface area contributed by atoms with Crippen molar-refractivity contribution >= 4 is 28.6 Å². The van der Waals surface area contributed by atoms with Gasteiger partial charge in [-0.05, 0) is 6.42 Å². The lowest BCUT2D eigenvalue weighted by atomic mass is 10.1. The van der Waals surface area contributed by atoms with Gasteiger partial charge in [0.05, 0.1) is 6.42 Å². The van der Waals surface area contributed by atoms with Gasteiger partial charge in [0.25, 0.3) is 0 Å². The Kier molecular flexibility index (Phi) is 9.81. The van der Waals surface area contributed by atoms with Gasteiger partial charge >= 0.3 is 0 Å². The smallest absolute Gasteiger partial charge is 0.216 e. The van der Waals surface area contributed by atoms with Crippen LogP contribution in [0.15, 0.2) is 0 Å². The largest absolute Gasteiger partial charge is 0.356 e. The van der Waals surface area contributed by atoms with Gasteiger partial charge < -0.3 is 5.32 Å². The predicted molar refractivity (Wildman–Crippen MR) is 69.9 cm³/mol. The standard InChI is InChI=1S/C12H21NO3S/c1-3-4-5-6-11(15)9-12(16)17-8-7-13-10(2)14/h3-9H2,1-2H3,(H,13,14). The Morgan fingerprint density at radius 3 is 2.47 bits per heavy atom. The van der Waals surface area contributed by atoms with Crippen molar-refractivity contribution in [2.24, 2.45) is 0 Å². The average molecular weight is 259 g/mol. The van der Waals surface area contributed by atoms with Crippen LogP contribution in [0.3, 0.4) is 0 Å². The van der Waals surface area contributed by atoms with Crippen molar-refractivity contribution in [1.29, 1.82) is 0 Å². The van der Waals surface area contributed by atoms with Gasteiger partial charge in [0.1, 0.15) is 5.78 Å². The first-order valence-electron chi connectivity index (χ1n) is 5.98. The molecule has 0 heterocycles. The average Bonchev–Trinajstić information content (AvgIpc) is 2.24. The van der Waals surface area contributed by atoms with E-state index in [-0.39, 0.29) is 23.2 Å². The lowest BCUT2D eigenvalue weighted by molar-refractivity contribution is -0.123. The monoisotopic (exact) mass is 259 g/mol. The maximum absolute atomic E-state index is 11.4. The van der Waals surface area contributed by atoms with Crippen LogP contribution in [-0.2, 0) is 14.4 Å². The summed E-state index contributed by atoms with van der Waals surface area (Å²) in [5, 5.41) is 2.50. The number of amides is 1. The number of rotatable bonds is 9. The van der Waals surface area contributed by atoms with Gasteiger partial charge in [0, 0.05) is 25.6 Å². The van der Waals surface area contributed by atoms with E-state index >= 15 is 0 Å². The second-order valence-electron chi connectivity index (χ2n) is 3.88. The minimum Gasteiger partial charge on any atom is -0.356 e. The molecule has 1 N–H and O–H groups in total. The lowest BCUT2D eigenvalue weighted by Gasteiger charge is -2.02. The Morgan fingerprint density at radius 1 is 1.18 bits per heavy atom. The van der Waals surface area contributed by atoms with Crippen LogP contribution in [0.25, 0.3) is 0 Å². The first-order chi connectivity index (χ1) is 8.06. The normalized spacial score (nSPS) is 10.0. The third-order valence-electron chi connectivity index (χ3n) is 2.14. The van der Waals surface area contributed by atoms with Crippen LogP contribution in [0.1, 0.15) is 46.0 Å². The molecule has 0 aliphatic heterocycles. The number of thioether (sulfide) groups is 1. The molecule has 0 unspecified atom stereocenters. The highest BCUT2D eigenvalue weighted by Gasteiger charge is 2.09. The van der Waals surface area contributed by atoms with Crippen LogP contribution in [0, 0.1) is 0 Å². The van der Waals surface area contributed by atoms with Crippen LogP contribution in [0.4, 0.5) is 0 Å². The van der Waals surface area contributed by atoms with Gasteiger partial charge in [-0.3, -0.25) is 14.4 Å². The topological polar surface area (TPSA) is 63.2 Å². The molecule has 0 aliphatic rings. The molecule has 1 amide bonds. The van der Waals surface area contributed by atoms with Crippen molar-refractivity contribution in [3.05, 3.63) is 0 Å². The zero-order valence-electron chi connectivity index (χ0n) is 10.6. The fourth-order valence-corrected chi connectivity index (χ4v) is 1.96. The van der Waals surface area contributed by atoms with E-state index in [2.05, 4.69) is 12.2 Å². The summed E-state index contributed by atoms with van der Waals surface area (Å²) in [7, 11) is 0. The molecule has 5 heteroatoms. The van der Waals surface area contributed by atoms with E-state index in [0.29, 0.717) is 18.7 Å². The third kappa shape index (κ3) is 11.4. The fourth-order valence-electron chi connectivity index (χ4n) is 1.26. The highest BCUT2D eigenvalue weighted by atomic mass is 32.2. The number of hydrogen-bond acceptors (Lipinski definition) is 4. The van der Waals surface area contributed by atoms with Gasteiger partial charge in [0.15, 0.2) is 5.12 Å². The molecule has 0 rings (SSSR count). The molecule has 0 spiro atoms. The number of Topliss-reactive ketones (excluding diaryl/α,β-unsaturated/α-hetero) is 1. The summed E-state index contributed by atoms with van der Waals surface area (Å²) in [6.07, 6.45) is 3.52. The second-order valence-corrected chi connectivity index (χ2v) is 5.03. The van der Waals surface area contributed by atoms with E-state index in [1.54, 1.807) is 0 Å². The molecule has 0 atom stereocenters. The minimum atomic E-state index is -0.103. The summed E-state index contributed by atoms with van der Waals surface area (Å²) in [4.78, 5) is 33.3. The summed E-state index contributed by atoms with van der Waals surface area (Å²) >= 11 is 1.11. The molecular formula is C12H21NO3S. The number of carbonyl (C=O) groups excluding carboxylic acids is 3. The van der Waals surface area contributed by atoms with Crippen LogP contribution in [0.2, 0.25) is 0 Å². The van der Waals surface area contributed by atoms with Crippen molar-refractivity contribution in [2.75, 3.05) is 12.3 Å². The molecule has 0 fully saturated rings. The van der Waals surface area contributed by atoms with E-state index in [1.807, 2.05) is 0 Å². The van der Waals surface area contributed by atoms with Gasteiger partial charge in [-0.2, -0.15) is 0 Å². The molecule has 0 aromatic carbocycles. The SMILES string of the molecule is CCCCCC(=O)CC(=O)SCCNC(C)=O. The zero-order valence-corrected chi connectivity index (χ0v) is 11.4. The molecule has 17 heavy (non-hydrogen) atoms. The summed E-state index contributed by atoms with van der Waals surface area (Å²) in [5.41, 5.74) is 0. The molecule has 0 aromatic heterocycles. The summed E-state index contributed by atoms with van der Waals surface area (Å²) in [5.74, 6) is 0.449.